The van der Waals surface area contributed by atoms with E-state index in [0.29, 0.717) is 6.61 Å². The average Bonchev–Trinajstić information content (AvgIpc) is 2.48. The minimum absolute atomic E-state index is 0.0131. The van der Waals surface area contributed by atoms with E-state index >= 15 is 0 Å². The first kappa shape index (κ1) is 9.08. The molecule has 0 fully saturated rings. The van der Waals surface area contributed by atoms with Gasteiger partial charge >= 0.3 is 0 Å². The molecule has 0 aliphatic carbocycles. The lowest BCUT2D eigenvalue weighted by molar-refractivity contribution is 0.310. The van der Waals surface area contributed by atoms with Crippen molar-refractivity contribution < 1.29 is 9.47 Å². The molecule has 0 bridgehead atoms. The van der Waals surface area contributed by atoms with Crippen LogP contribution in [-0.4, -0.2) is 13.7 Å². The summed E-state index contributed by atoms with van der Waals surface area (Å²) < 4.78 is 11.8. The van der Waals surface area contributed by atoms with E-state index in [1.807, 2.05) is 12.1 Å². The fraction of sp³-hybridized carbons (Fsp3) is 0.333. The molecule has 0 amide bonds. The molecule has 70 valence electrons. The topological polar surface area (TPSA) is 44.5 Å². The van der Waals surface area contributed by atoms with Gasteiger partial charge in [0, 0.05) is 5.56 Å². The summed E-state index contributed by atoms with van der Waals surface area (Å²) in [5.74, 6) is 1.60. The van der Waals surface area contributed by atoms with Crippen LogP contribution in [0.2, 0.25) is 0 Å². The van der Waals surface area contributed by atoms with Crippen molar-refractivity contribution in [3.8, 4) is 11.5 Å². The Morgan fingerprint density at radius 1 is 1.62 bits per heavy atom. The molecule has 2 N–H and O–H groups in total. The van der Waals surface area contributed by atoms with Gasteiger partial charge in [0.1, 0.15) is 6.61 Å². The number of ether oxygens (including phenoxy) is 2. The fourth-order valence-electron chi connectivity index (χ4n) is 1.45. The van der Waals surface area contributed by atoms with Gasteiger partial charge in [0.05, 0.1) is 16.7 Å². The molecule has 1 heterocycles. The van der Waals surface area contributed by atoms with Crippen LogP contribution in [0.1, 0.15) is 11.6 Å². The number of benzene rings is 1. The van der Waals surface area contributed by atoms with Crippen molar-refractivity contribution in [2.75, 3.05) is 13.7 Å². The van der Waals surface area contributed by atoms with E-state index in [4.69, 9.17) is 15.2 Å². The highest BCUT2D eigenvalue weighted by Gasteiger charge is 2.25. The van der Waals surface area contributed by atoms with Gasteiger partial charge < -0.3 is 15.2 Å². The third-order valence-electron chi connectivity index (χ3n) is 2.11. The van der Waals surface area contributed by atoms with Crippen molar-refractivity contribution in [1.82, 2.24) is 0 Å². The van der Waals surface area contributed by atoms with E-state index < -0.39 is 0 Å². The minimum atomic E-state index is -0.0131. The highest BCUT2D eigenvalue weighted by Crippen LogP contribution is 2.41. The van der Waals surface area contributed by atoms with Gasteiger partial charge in [-0.15, -0.1) is 0 Å². The predicted octanol–water partition coefficient (Wildman–Crippen LogP) is 1.69. The number of fused-ring (bicyclic) bond motifs is 1. The summed E-state index contributed by atoms with van der Waals surface area (Å²) in [5, 5.41) is 0. The Bertz CT molecular complexity index is 341. The highest BCUT2D eigenvalue weighted by molar-refractivity contribution is 14.1. The van der Waals surface area contributed by atoms with Crippen LogP contribution < -0.4 is 15.2 Å². The molecule has 4 heteroatoms. The molecule has 1 aliphatic rings. The zero-order valence-electron chi connectivity index (χ0n) is 7.21. The summed E-state index contributed by atoms with van der Waals surface area (Å²) in [5.41, 5.74) is 6.88. The Labute approximate surface area is 90.3 Å². The second-order valence-electron chi connectivity index (χ2n) is 2.92. The molecule has 0 saturated carbocycles. The fourth-order valence-corrected chi connectivity index (χ4v) is 2.09. The van der Waals surface area contributed by atoms with Crippen molar-refractivity contribution in [2.45, 2.75) is 6.04 Å². The van der Waals surface area contributed by atoms with Gasteiger partial charge in [-0.2, -0.15) is 0 Å². The van der Waals surface area contributed by atoms with Crippen LogP contribution in [0, 0.1) is 3.57 Å². The molecule has 1 aromatic rings. The van der Waals surface area contributed by atoms with E-state index in [0.717, 1.165) is 20.6 Å². The van der Waals surface area contributed by atoms with Crippen molar-refractivity contribution in [3.05, 3.63) is 21.3 Å². The molecule has 13 heavy (non-hydrogen) atoms. The largest absolute Gasteiger partial charge is 0.492 e. The molecule has 1 aliphatic heterocycles. The van der Waals surface area contributed by atoms with Crippen LogP contribution >= 0.6 is 22.6 Å². The van der Waals surface area contributed by atoms with E-state index in [9.17, 15) is 0 Å². The maximum Gasteiger partial charge on any atom is 0.174 e. The predicted molar refractivity (Wildman–Crippen MR) is 58.1 cm³/mol. The number of hydrogen-bond donors (Lipinski definition) is 1. The third-order valence-corrected chi connectivity index (χ3v) is 2.95. The summed E-state index contributed by atoms with van der Waals surface area (Å²) in [7, 11) is 1.64. The van der Waals surface area contributed by atoms with Gasteiger partial charge in [-0.05, 0) is 28.7 Å². The van der Waals surface area contributed by atoms with E-state index in [1.165, 1.54) is 0 Å². The lowest BCUT2D eigenvalue weighted by atomic mass is 10.1. The second kappa shape index (κ2) is 3.34. The van der Waals surface area contributed by atoms with Crippen molar-refractivity contribution >= 4 is 22.6 Å². The molecule has 0 radical (unpaired) electrons. The number of rotatable bonds is 1. The molecule has 0 unspecified atom stereocenters. The number of halogens is 1. The number of hydrogen-bond acceptors (Lipinski definition) is 3. The first-order chi connectivity index (χ1) is 6.24. The molecular formula is C9H10INO2. The normalized spacial score (nSPS) is 19.5. The van der Waals surface area contributed by atoms with Gasteiger partial charge in [0.15, 0.2) is 11.5 Å². The monoisotopic (exact) mass is 291 g/mol. The molecular weight excluding hydrogens is 281 g/mol. The molecule has 2 rings (SSSR count). The average molecular weight is 291 g/mol. The standard InChI is InChI=1S/C9H10INO2/c1-12-9-6(10)3-2-5-7(11)4-13-8(5)9/h2-3,7H,4,11H2,1H3/t7-/m0/s1. The second-order valence-corrected chi connectivity index (χ2v) is 4.08. The van der Waals surface area contributed by atoms with E-state index in [-0.39, 0.29) is 6.04 Å². The van der Waals surface area contributed by atoms with Crippen molar-refractivity contribution in [2.24, 2.45) is 5.73 Å². The van der Waals surface area contributed by atoms with Crippen LogP contribution in [0.15, 0.2) is 12.1 Å². The Kier molecular flexibility index (Phi) is 2.33. The van der Waals surface area contributed by atoms with Crippen LogP contribution in [-0.2, 0) is 0 Å². The lowest BCUT2D eigenvalue weighted by Gasteiger charge is -2.08. The third kappa shape index (κ3) is 1.38. The first-order valence-corrected chi connectivity index (χ1v) is 5.06. The molecule has 0 saturated heterocycles. The van der Waals surface area contributed by atoms with Crippen molar-refractivity contribution in [1.29, 1.82) is 0 Å². The minimum Gasteiger partial charge on any atom is -0.492 e. The highest BCUT2D eigenvalue weighted by atomic mass is 127. The lowest BCUT2D eigenvalue weighted by Crippen LogP contribution is -2.10. The zero-order chi connectivity index (χ0) is 9.42. The summed E-state index contributed by atoms with van der Waals surface area (Å²) >= 11 is 2.22. The molecule has 0 aromatic heterocycles. The van der Waals surface area contributed by atoms with Gasteiger partial charge in [0.2, 0.25) is 0 Å². The van der Waals surface area contributed by atoms with Crippen LogP contribution in [0.25, 0.3) is 0 Å². The summed E-state index contributed by atoms with van der Waals surface area (Å²) in [6, 6.07) is 3.98. The Balaban J connectivity index is 2.57. The van der Waals surface area contributed by atoms with Crippen LogP contribution in [0.5, 0.6) is 11.5 Å². The van der Waals surface area contributed by atoms with Gasteiger partial charge in [0.25, 0.3) is 0 Å². The molecule has 0 spiro atoms. The summed E-state index contributed by atoms with van der Waals surface area (Å²) in [6.45, 7) is 0.547. The number of nitrogens with two attached hydrogens (primary N) is 1. The maximum absolute atomic E-state index is 5.84. The smallest absolute Gasteiger partial charge is 0.174 e. The first-order valence-electron chi connectivity index (χ1n) is 3.99. The summed E-state index contributed by atoms with van der Waals surface area (Å²) in [4.78, 5) is 0. The summed E-state index contributed by atoms with van der Waals surface area (Å²) in [6.07, 6.45) is 0. The Morgan fingerprint density at radius 3 is 3.08 bits per heavy atom. The van der Waals surface area contributed by atoms with Gasteiger partial charge in [-0.25, -0.2) is 0 Å². The quantitative estimate of drug-likeness (QED) is 0.801. The Hall–Kier alpha value is -0.490. The van der Waals surface area contributed by atoms with E-state index in [1.54, 1.807) is 7.11 Å². The van der Waals surface area contributed by atoms with Crippen molar-refractivity contribution in [3.63, 3.8) is 0 Å². The van der Waals surface area contributed by atoms with E-state index in [2.05, 4.69) is 22.6 Å². The number of methoxy groups -OCH3 is 1. The van der Waals surface area contributed by atoms with Crippen LogP contribution in [0.3, 0.4) is 0 Å². The molecule has 1 aromatic carbocycles. The van der Waals surface area contributed by atoms with Crippen LogP contribution in [0.4, 0.5) is 0 Å². The Morgan fingerprint density at radius 2 is 2.38 bits per heavy atom. The molecule has 1 atom stereocenters. The zero-order valence-corrected chi connectivity index (χ0v) is 9.37. The SMILES string of the molecule is COc1c(I)ccc2c1OC[C@@H]2N. The maximum atomic E-state index is 5.84. The van der Waals surface area contributed by atoms with Gasteiger partial charge in [-0.1, -0.05) is 6.07 Å². The van der Waals surface area contributed by atoms with Gasteiger partial charge in [-0.3, -0.25) is 0 Å². The molecule has 3 nitrogen and oxygen atoms in total.